The highest BCUT2D eigenvalue weighted by molar-refractivity contribution is 5.83. The number of rotatable bonds is 2. The Hall–Kier alpha value is -1.42. The highest BCUT2D eigenvalue weighted by Crippen LogP contribution is 2.48. The average Bonchev–Trinajstić information content (AvgIpc) is 3.20. The molecule has 1 N–H and O–H groups in total. The summed E-state index contributed by atoms with van der Waals surface area (Å²) >= 11 is 0. The molecule has 2 unspecified atom stereocenters. The van der Waals surface area contributed by atoms with E-state index >= 15 is 0 Å². The first kappa shape index (κ1) is 12.6. The van der Waals surface area contributed by atoms with E-state index in [0.29, 0.717) is 25.9 Å². The number of carbonyl (C=O) groups is 1. The number of benzene rings is 1. The molecule has 19 heavy (non-hydrogen) atoms. The zero-order valence-electron chi connectivity index (χ0n) is 10.8. The molecule has 1 aliphatic heterocycles. The van der Waals surface area contributed by atoms with Crippen molar-refractivity contribution in [3.8, 4) is 0 Å². The molecule has 1 saturated heterocycles. The van der Waals surface area contributed by atoms with Crippen LogP contribution in [0.5, 0.6) is 0 Å². The summed E-state index contributed by atoms with van der Waals surface area (Å²) in [6.07, 6.45) is 1.97. The Morgan fingerprint density at radius 1 is 1.21 bits per heavy atom. The van der Waals surface area contributed by atoms with Gasteiger partial charge in [-0.05, 0) is 42.9 Å². The normalized spacial score (nSPS) is 27.4. The van der Waals surface area contributed by atoms with Gasteiger partial charge in [0.2, 0.25) is 5.91 Å². The first-order valence-corrected chi connectivity index (χ1v) is 6.87. The summed E-state index contributed by atoms with van der Waals surface area (Å²) in [7, 11) is 0. The van der Waals surface area contributed by atoms with Crippen LogP contribution in [0.1, 0.15) is 30.7 Å². The average molecular weight is 263 g/mol. The van der Waals surface area contributed by atoms with Crippen LogP contribution in [0.2, 0.25) is 0 Å². The van der Waals surface area contributed by atoms with E-state index in [1.54, 1.807) is 12.1 Å². The summed E-state index contributed by atoms with van der Waals surface area (Å²) in [4.78, 5) is 14.1. The molecule has 1 saturated carbocycles. The highest BCUT2D eigenvalue weighted by atomic mass is 19.1. The van der Waals surface area contributed by atoms with Crippen LogP contribution in [0.3, 0.4) is 0 Å². The molecule has 2 aliphatic rings. The Kier molecular flexibility index (Phi) is 3.27. The lowest BCUT2D eigenvalue weighted by atomic mass is 10.1. The van der Waals surface area contributed by atoms with E-state index in [9.17, 15) is 14.3 Å². The van der Waals surface area contributed by atoms with Crippen LogP contribution in [0, 0.1) is 11.7 Å². The number of carbonyl (C=O) groups excluding carboxylic acids is 1. The van der Waals surface area contributed by atoms with Crippen LogP contribution >= 0.6 is 0 Å². The van der Waals surface area contributed by atoms with Crippen LogP contribution in [0.4, 0.5) is 4.39 Å². The van der Waals surface area contributed by atoms with Crippen molar-refractivity contribution in [2.75, 3.05) is 13.1 Å². The fourth-order valence-electron chi connectivity index (χ4n) is 2.87. The van der Waals surface area contributed by atoms with E-state index < -0.39 is 0 Å². The van der Waals surface area contributed by atoms with Gasteiger partial charge in [-0.25, -0.2) is 4.39 Å². The predicted octanol–water partition coefficient (Wildman–Crippen LogP) is 1.91. The standard InChI is InChI=1S/C15H18FNO2/c16-11-3-1-10(2-4-11)13-9-14(13)15(19)17-7-5-12(18)6-8-17/h1-4,12-14,18H,5-9H2. The Morgan fingerprint density at radius 2 is 1.84 bits per heavy atom. The van der Waals surface area contributed by atoms with Gasteiger partial charge in [0.25, 0.3) is 0 Å². The zero-order chi connectivity index (χ0) is 13.4. The van der Waals surface area contributed by atoms with Gasteiger partial charge in [0.05, 0.1) is 6.10 Å². The van der Waals surface area contributed by atoms with Gasteiger partial charge < -0.3 is 10.0 Å². The summed E-state index contributed by atoms with van der Waals surface area (Å²) in [5.74, 6) is 0.263. The summed E-state index contributed by atoms with van der Waals surface area (Å²) in [6, 6.07) is 6.44. The molecule has 2 atom stereocenters. The van der Waals surface area contributed by atoms with Crippen LogP contribution in [-0.2, 0) is 4.79 Å². The monoisotopic (exact) mass is 263 g/mol. The molecule has 1 amide bonds. The van der Waals surface area contributed by atoms with Crippen molar-refractivity contribution in [1.82, 2.24) is 4.90 Å². The van der Waals surface area contributed by atoms with Crippen molar-refractivity contribution in [3.63, 3.8) is 0 Å². The number of aliphatic hydroxyl groups is 1. The number of halogens is 1. The van der Waals surface area contributed by atoms with Crippen molar-refractivity contribution in [2.24, 2.45) is 5.92 Å². The van der Waals surface area contributed by atoms with E-state index in [1.807, 2.05) is 4.90 Å². The molecule has 0 aromatic heterocycles. The lowest BCUT2D eigenvalue weighted by Crippen LogP contribution is -2.41. The number of amides is 1. The van der Waals surface area contributed by atoms with Gasteiger partial charge in [-0.15, -0.1) is 0 Å². The summed E-state index contributed by atoms with van der Waals surface area (Å²) in [6.45, 7) is 1.32. The van der Waals surface area contributed by atoms with E-state index in [0.717, 1.165) is 12.0 Å². The van der Waals surface area contributed by atoms with Gasteiger partial charge in [0, 0.05) is 19.0 Å². The van der Waals surface area contributed by atoms with E-state index in [4.69, 9.17) is 0 Å². The first-order chi connectivity index (χ1) is 9.15. The number of hydrogen-bond donors (Lipinski definition) is 1. The Balaban J connectivity index is 1.60. The lowest BCUT2D eigenvalue weighted by Gasteiger charge is -2.29. The van der Waals surface area contributed by atoms with Crippen molar-refractivity contribution >= 4 is 5.91 Å². The van der Waals surface area contributed by atoms with Crippen LogP contribution in [-0.4, -0.2) is 35.1 Å². The third-order valence-electron chi connectivity index (χ3n) is 4.18. The maximum atomic E-state index is 12.9. The molecule has 1 aliphatic carbocycles. The molecule has 1 heterocycles. The number of aliphatic hydroxyl groups excluding tert-OH is 1. The molecule has 102 valence electrons. The van der Waals surface area contributed by atoms with Gasteiger partial charge in [0.15, 0.2) is 0 Å². The number of piperidine rings is 1. The molecule has 4 heteroatoms. The second kappa shape index (κ2) is 4.93. The largest absolute Gasteiger partial charge is 0.393 e. The molecule has 0 bridgehead atoms. The second-order valence-corrected chi connectivity index (χ2v) is 5.56. The third kappa shape index (κ3) is 2.63. The van der Waals surface area contributed by atoms with Crippen molar-refractivity contribution in [3.05, 3.63) is 35.6 Å². The molecular formula is C15H18FNO2. The maximum absolute atomic E-state index is 12.9. The fourth-order valence-corrected chi connectivity index (χ4v) is 2.87. The number of hydrogen-bond acceptors (Lipinski definition) is 2. The molecule has 2 fully saturated rings. The molecule has 3 nitrogen and oxygen atoms in total. The van der Waals surface area contributed by atoms with Crippen molar-refractivity contribution < 1.29 is 14.3 Å². The molecule has 0 radical (unpaired) electrons. The molecule has 0 spiro atoms. The Labute approximate surface area is 112 Å². The number of nitrogens with zero attached hydrogens (tertiary/aromatic N) is 1. The van der Waals surface area contributed by atoms with Crippen LogP contribution in [0.25, 0.3) is 0 Å². The minimum atomic E-state index is -0.254. The second-order valence-electron chi connectivity index (χ2n) is 5.56. The highest BCUT2D eigenvalue weighted by Gasteiger charge is 2.46. The van der Waals surface area contributed by atoms with E-state index in [-0.39, 0.29) is 29.7 Å². The maximum Gasteiger partial charge on any atom is 0.226 e. The molecule has 1 aromatic rings. The zero-order valence-corrected chi connectivity index (χ0v) is 10.8. The molecule has 1 aromatic carbocycles. The molecular weight excluding hydrogens is 245 g/mol. The minimum Gasteiger partial charge on any atom is -0.393 e. The quantitative estimate of drug-likeness (QED) is 0.885. The summed E-state index contributed by atoms with van der Waals surface area (Å²) in [5.41, 5.74) is 1.05. The van der Waals surface area contributed by atoms with E-state index in [1.165, 1.54) is 12.1 Å². The summed E-state index contributed by atoms with van der Waals surface area (Å²) < 4.78 is 12.9. The van der Waals surface area contributed by atoms with Crippen LogP contribution in [0.15, 0.2) is 24.3 Å². The smallest absolute Gasteiger partial charge is 0.226 e. The SMILES string of the molecule is O=C(C1CC1c1ccc(F)cc1)N1CCC(O)CC1. The minimum absolute atomic E-state index is 0.0562. The number of likely N-dealkylation sites (tertiary alicyclic amines) is 1. The topological polar surface area (TPSA) is 40.5 Å². The predicted molar refractivity (Wildman–Crippen MR) is 69.1 cm³/mol. The van der Waals surface area contributed by atoms with Gasteiger partial charge in [0.1, 0.15) is 5.82 Å². The first-order valence-electron chi connectivity index (χ1n) is 6.87. The molecule has 3 rings (SSSR count). The van der Waals surface area contributed by atoms with Crippen LogP contribution < -0.4 is 0 Å². The van der Waals surface area contributed by atoms with Crippen molar-refractivity contribution in [1.29, 1.82) is 0 Å². The van der Waals surface area contributed by atoms with Crippen molar-refractivity contribution in [2.45, 2.75) is 31.3 Å². The fraction of sp³-hybridized carbons (Fsp3) is 0.533. The Morgan fingerprint density at radius 3 is 2.47 bits per heavy atom. The Bertz CT molecular complexity index is 466. The third-order valence-corrected chi connectivity index (χ3v) is 4.18. The van der Waals surface area contributed by atoms with Gasteiger partial charge in [-0.2, -0.15) is 0 Å². The van der Waals surface area contributed by atoms with Gasteiger partial charge in [-0.1, -0.05) is 12.1 Å². The lowest BCUT2D eigenvalue weighted by molar-refractivity contribution is -0.134. The van der Waals surface area contributed by atoms with Gasteiger partial charge in [-0.3, -0.25) is 4.79 Å². The van der Waals surface area contributed by atoms with Gasteiger partial charge >= 0.3 is 0 Å². The van der Waals surface area contributed by atoms with E-state index in [2.05, 4.69) is 0 Å². The summed E-state index contributed by atoms with van der Waals surface area (Å²) in [5, 5.41) is 9.45.